The number of hydrogen-bond acceptors (Lipinski definition) is 3. The molecule has 1 rings (SSSR count). The lowest BCUT2D eigenvalue weighted by atomic mass is 10.3. The highest BCUT2D eigenvalue weighted by atomic mass is 16.4. The van der Waals surface area contributed by atoms with E-state index < -0.39 is 12.0 Å². The molecule has 0 fully saturated rings. The number of nitrogens with zero attached hydrogens (tertiary/aromatic N) is 1. The van der Waals surface area contributed by atoms with Gasteiger partial charge >= 0.3 is 12.0 Å². The number of aliphatic carboxylic acids is 1. The summed E-state index contributed by atoms with van der Waals surface area (Å²) < 4.78 is 0. The van der Waals surface area contributed by atoms with Crippen LogP contribution in [0.5, 0.6) is 5.75 Å². The van der Waals surface area contributed by atoms with E-state index in [9.17, 15) is 9.59 Å². The maximum absolute atomic E-state index is 11.6. The normalized spacial score (nSPS) is 9.71. The molecule has 1 aromatic carbocycles. The van der Waals surface area contributed by atoms with Gasteiger partial charge in [0.25, 0.3) is 0 Å². The van der Waals surface area contributed by atoms with Gasteiger partial charge in [-0.2, -0.15) is 0 Å². The van der Waals surface area contributed by atoms with Crippen LogP contribution in [0.15, 0.2) is 24.3 Å². The zero-order chi connectivity index (χ0) is 12.8. The van der Waals surface area contributed by atoms with Crippen LogP contribution in [0, 0.1) is 0 Å². The van der Waals surface area contributed by atoms with E-state index in [0.29, 0.717) is 5.69 Å². The number of hydrogen-bond donors (Lipinski definition) is 3. The molecule has 0 heterocycles. The number of phenols is 1. The van der Waals surface area contributed by atoms with Crippen LogP contribution in [0.3, 0.4) is 0 Å². The first kappa shape index (κ1) is 12.8. The third-order valence-electron chi connectivity index (χ3n) is 2.16. The lowest BCUT2D eigenvalue weighted by molar-refractivity contribution is -0.136. The summed E-state index contributed by atoms with van der Waals surface area (Å²) in [7, 11) is 1.56. The van der Waals surface area contributed by atoms with Gasteiger partial charge in [-0.15, -0.1) is 0 Å². The first-order chi connectivity index (χ1) is 8.00. The molecule has 17 heavy (non-hydrogen) atoms. The standard InChI is InChI=1S/C11H14N2O4/c1-13(8-2-4-9(14)5-3-8)11(17)12-7-6-10(15)16/h2-5,14H,6-7H2,1H3,(H,12,17)(H,15,16). The maximum Gasteiger partial charge on any atom is 0.321 e. The van der Waals surface area contributed by atoms with E-state index in [1.165, 1.54) is 17.0 Å². The molecule has 3 N–H and O–H groups in total. The van der Waals surface area contributed by atoms with Gasteiger partial charge in [0, 0.05) is 19.3 Å². The average molecular weight is 238 g/mol. The highest BCUT2D eigenvalue weighted by Gasteiger charge is 2.10. The largest absolute Gasteiger partial charge is 0.508 e. The van der Waals surface area contributed by atoms with Crippen LogP contribution in [-0.4, -0.2) is 35.8 Å². The Bertz CT molecular complexity index is 402. The predicted octanol–water partition coefficient (Wildman–Crippen LogP) is 1.01. The third kappa shape index (κ3) is 4.02. The summed E-state index contributed by atoms with van der Waals surface area (Å²) in [6.07, 6.45) is -0.116. The number of carboxylic acid groups (broad SMARTS) is 1. The lowest BCUT2D eigenvalue weighted by Crippen LogP contribution is -2.38. The zero-order valence-electron chi connectivity index (χ0n) is 9.38. The van der Waals surface area contributed by atoms with Gasteiger partial charge in [-0.1, -0.05) is 0 Å². The number of carbonyl (C=O) groups excluding carboxylic acids is 1. The van der Waals surface area contributed by atoms with E-state index in [1.54, 1.807) is 19.2 Å². The van der Waals surface area contributed by atoms with E-state index in [2.05, 4.69) is 5.32 Å². The van der Waals surface area contributed by atoms with Crippen molar-refractivity contribution >= 4 is 17.7 Å². The summed E-state index contributed by atoms with van der Waals surface area (Å²) >= 11 is 0. The molecule has 1 aromatic rings. The van der Waals surface area contributed by atoms with Crippen molar-refractivity contribution in [3.8, 4) is 5.75 Å². The van der Waals surface area contributed by atoms with Crippen LogP contribution < -0.4 is 10.2 Å². The molecular formula is C11H14N2O4. The summed E-state index contributed by atoms with van der Waals surface area (Å²) in [4.78, 5) is 23.2. The topological polar surface area (TPSA) is 89.9 Å². The van der Waals surface area contributed by atoms with Gasteiger partial charge in [0.05, 0.1) is 6.42 Å². The van der Waals surface area contributed by atoms with E-state index in [0.717, 1.165) is 0 Å². The Kier molecular flexibility index (Phi) is 4.33. The van der Waals surface area contributed by atoms with Crippen LogP contribution in [0.25, 0.3) is 0 Å². The number of carboxylic acids is 1. The molecule has 92 valence electrons. The van der Waals surface area contributed by atoms with Gasteiger partial charge in [-0.05, 0) is 24.3 Å². The number of phenolic OH excluding ortho intramolecular Hbond substituents is 1. The first-order valence-electron chi connectivity index (χ1n) is 5.03. The van der Waals surface area contributed by atoms with Crippen molar-refractivity contribution < 1.29 is 19.8 Å². The fourth-order valence-corrected chi connectivity index (χ4v) is 1.19. The number of urea groups is 1. The molecule has 0 aliphatic heterocycles. The Labute approximate surface area is 98.5 Å². The van der Waals surface area contributed by atoms with E-state index in [1.807, 2.05) is 0 Å². The number of nitrogens with one attached hydrogen (secondary N) is 1. The second-order valence-corrected chi connectivity index (χ2v) is 3.45. The average Bonchev–Trinajstić information content (AvgIpc) is 2.28. The number of rotatable bonds is 4. The molecule has 0 aliphatic carbocycles. The molecule has 0 radical (unpaired) electrons. The maximum atomic E-state index is 11.6. The molecule has 0 saturated heterocycles. The lowest BCUT2D eigenvalue weighted by Gasteiger charge is -2.17. The van der Waals surface area contributed by atoms with Gasteiger partial charge in [-0.3, -0.25) is 9.69 Å². The zero-order valence-corrected chi connectivity index (χ0v) is 9.38. The molecule has 0 saturated carbocycles. The molecule has 0 spiro atoms. The van der Waals surface area contributed by atoms with Gasteiger partial charge in [0.1, 0.15) is 5.75 Å². The highest BCUT2D eigenvalue weighted by Crippen LogP contribution is 2.16. The van der Waals surface area contributed by atoms with Gasteiger partial charge in [-0.25, -0.2) is 4.79 Å². The Morgan fingerprint density at radius 1 is 1.29 bits per heavy atom. The van der Waals surface area contributed by atoms with Crippen molar-refractivity contribution in [1.29, 1.82) is 0 Å². The summed E-state index contributed by atoms with van der Waals surface area (Å²) in [5.74, 6) is -0.842. The fourth-order valence-electron chi connectivity index (χ4n) is 1.19. The van der Waals surface area contributed by atoms with Gasteiger partial charge in [0.15, 0.2) is 0 Å². The molecule has 2 amide bonds. The van der Waals surface area contributed by atoms with Crippen LogP contribution in [0.4, 0.5) is 10.5 Å². The predicted molar refractivity (Wildman–Crippen MR) is 62.2 cm³/mol. The van der Waals surface area contributed by atoms with Crippen LogP contribution in [0.2, 0.25) is 0 Å². The van der Waals surface area contributed by atoms with Crippen LogP contribution >= 0.6 is 0 Å². The number of amides is 2. The molecule has 0 unspecified atom stereocenters. The minimum Gasteiger partial charge on any atom is -0.508 e. The second-order valence-electron chi connectivity index (χ2n) is 3.45. The smallest absolute Gasteiger partial charge is 0.321 e. The van der Waals surface area contributed by atoms with Gasteiger partial charge in [0.2, 0.25) is 0 Å². The van der Waals surface area contributed by atoms with E-state index in [4.69, 9.17) is 10.2 Å². The van der Waals surface area contributed by atoms with Crippen molar-refractivity contribution in [2.75, 3.05) is 18.5 Å². The number of benzene rings is 1. The summed E-state index contributed by atoms with van der Waals surface area (Å²) in [6.45, 7) is 0.0800. The Hall–Kier alpha value is -2.24. The minimum atomic E-state index is -0.961. The minimum absolute atomic E-state index is 0.0800. The van der Waals surface area contributed by atoms with Crippen molar-refractivity contribution in [2.24, 2.45) is 0 Å². The van der Waals surface area contributed by atoms with Crippen molar-refractivity contribution in [1.82, 2.24) is 5.32 Å². The van der Waals surface area contributed by atoms with E-state index in [-0.39, 0.29) is 18.7 Å². The first-order valence-corrected chi connectivity index (χ1v) is 5.03. The van der Waals surface area contributed by atoms with E-state index >= 15 is 0 Å². The Morgan fingerprint density at radius 2 is 1.88 bits per heavy atom. The molecule has 6 heteroatoms. The third-order valence-corrected chi connectivity index (χ3v) is 2.16. The quantitative estimate of drug-likeness (QED) is 0.730. The Morgan fingerprint density at radius 3 is 2.41 bits per heavy atom. The Balaban J connectivity index is 2.51. The number of carbonyl (C=O) groups is 2. The number of aromatic hydroxyl groups is 1. The van der Waals surface area contributed by atoms with Crippen molar-refractivity contribution in [3.63, 3.8) is 0 Å². The number of anilines is 1. The molecular weight excluding hydrogens is 224 g/mol. The molecule has 0 aromatic heterocycles. The van der Waals surface area contributed by atoms with Crippen molar-refractivity contribution in [3.05, 3.63) is 24.3 Å². The fraction of sp³-hybridized carbons (Fsp3) is 0.273. The van der Waals surface area contributed by atoms with Crippen LogP contribution in [-0.2, 0) is 4.79 Å². The van der Waals surface area contributed by atoms with Crippen LogP contribution in [0.1, 0.15) is 6.42 Å². The molecule has 0 atom stereocenters. The molecule has 0 bridgehead atoms. The van der Waals surface area contributed by atoms with Gasteiger partial charge < -0.3 is 15.5 Å². The summed E-state index contributed by atoms with van der Waals surface area (Å²) in [5.41, 5.74) is 0.607. The monoisotopic (exact) mass is 238 g/mol. The summed E-state index contributed by atoms with van der Waals surface area (Å²) in [5, 5.41) is 20.0. The molecule has 0 aliphatic rings. The highest BCUT2D eigenvalue weighted by molar-refractivity contribution is 5.91. The molecule has 6 nitrogen and oxygen atoms in total. The second kappa shape index (κ2) is 5.74. The SMILES string of the molecule is CN(C(=O)NCCC(=O)O)c1ccc(O)cc1. The summed E-state index contributed by atoms with van der Waals surface area (Å²) in [6, 6.07) is 5.72. The van der Waals surface area contributed by atoms with Crippen molar-refractivity contribution in [2.45, 2.75) is 6.42 Å².